The summed E-state index contributed by atoms with van der Waals surface area (Å²) in [6, 6.07) is 3.24. The van der Waals surface area contributed by atoms with Crippen molar-refractivity contribution in [1.29, 1.82) is 0 Å². The topological polar surface area (TPSA) is 103 Å². The fraction of sp³-hybridized carbons (Fsp3) is 0.500. The van der Waals surface area contributed by atoms with Crippen LogP contribution in [0.25, 0.3) is 0 Å². The lowest BCUT2D eigenvalue weighted by Crippen LogP contribution is -2.33. The molecule has 2 aliphatic rings. The van der Waals surface area contributed by atoms with E-state index in [0.717, 1.165) is 30.9 Å². The van der Waals surface area contributed by atoms with Gasteiger partial charge in [-0.05, 0) is 30.5 Å². The zero-order valence-corrected chi connectivity index (χ0v) is 16.9. The molecule has 1 saturated heterocycles. The number of carbonyl (C=O) groups excluding carboxylic acids is 1. The van der Waals surface area contributed by atoms with E-state index in [9.17, 15) is 26.4 Å². The van der Waals surface area contributed by atoms with Crippen molar-refractivity contribution in [2.45, 2.75) is 29.8 Å². The molecule has 2 aromatic rings. The summed E-state index contributed by atoms with van der Waals surface area (Å²) in [5.41, 5.74) is -0.669. The molecule has 0 N–H and O–H groups in total. The molecule has 1 aromatic heterocycles. The van der Waals surface area contributed by atoms with Crippen LogP contribution in [0.5, 0.6) is 5.75 Å². The fourth-order valence-electron chi connectivity index (χ4n) is 3.85. The average molecular weight is 445 g/mol. The molecule has 1 aliphatic heterocycles. The SMILES string of the molecule is Cc1nc(C23CC2CN(C(=O)c2cc(S(C)(=O)=O)ccc2OCC(F)(F)F)C3)no1. The van der Waals surface area contributed by atoms with E-state index in [4.69, 9.17) is 9.26 Å². The number of likely N-dealkylation sites (tertiary alicyclic amines) is 1. The van der Waals surface area contributed by atoms with E-state index in [1.807, 2.05) is 0 Å². The number of fused-ring (bicyclic) bond motifs is 1. The van der Waals surface area contributed by atoms with Gasteiger partial charge in [-0.1, -0.05) is 5.16 Å². The van der Waals surface area contributed by atoms with Crippen molar-refractivity contribution in [3.05, 3.63) is 35.5 Å². The number of amides is 1. The van der Waals surface area contributed by atoms with Crippen LogP contribution in [-0.2, 0) is 15.3 Å². The minimum absolute atomic E-state index is 0.107. The second kappa shape index (κ2) is 6.69. The number of aryl methyl sites for hydroxylation is 1. The number of sulfone groups is 1. The first-order valence-electron chi connectivity index (χ1n) is 9.03. The molecule has 4 rings (SSSR count). The second-order valence-corrected chi connectivity index (χ2v) is 9.73. The van der Waals surface area contributed by atoms with Crippen LogP contribution in [0.4, 0.5) is 13.2 Å². The molecular formula is C18H18F3N3O5S. The minimum Gasteiger partial charge on any atom is -0.483 e. The third kappa shape index (κ3) is 3.75. The summed E-state index contributed by atoms with van der Waals surface area (Å²) in [7, 11) is -3.68. The molecule has 1 aliphatic carbocycles. The van der Waals surface area contributed by atoms with Gasteiger partial charge in [0.2, 0.25) is 5.89 Å². The summed E-state index contributed by atoms with van der Waals surface area (Å²) >= 11 is 0. The quantitative estimate of drug-likeness (QED) is 0.695. The van der Waals surface area contributed by atoms with E-state index in [1.54, 1.807) is 6.92 Å². The number of hydrogen-bond donors (Lipinski definition) is 0. The van der Waals surface area contributed by atoms with Crippen molar-refractivity contribution in [3.8, 4) is 5.75 Å². The molecule has 12 heteroatoms. The van der Waals surface area contributed by atoms with Crippen LogP contribution in [-0.4, -0.2) is 61.5 Å². The highest BCUT2D eigenvalue weighted by molar-refractivity contribution is 7.90. The van der Waals surface area contributed by atoms with E-state index < -0.39 is 33.9 Å². The van der Waals surface area contributed by atoms with Crippen LogP contribution in [0.2, 0.25) is 0 Å². The molecular weight excluding hydrogens is 427 g/mol. The van der Waals surface area contributed by atoms with Crippen molar-refractivity contribution >= 4 is 15.7 Å². The van der Waals surface area contributed by atoms with Crippen LogP contribution in [0.1, 0.15) is 28.5 Å². The molecule has 162 valence electrons. The van der Waals surface area contributed by atoms with Gasteiger partial charge in [-0.25, -0.2) is 8.42 Å². The Balaban J connectivity index is 1.62. The van der Waals surface area contributed by atoms with Crippen LogP contribution in [0.15, 0.2) is 27.6 Å². The van der Waals surface area contributed by atoms with E-state index in [1.165, 1.54) is 4.90 Å². The number of aromatic nitrogens is 2. The van der Waals surface area contributed by atoms with E-state index in [-0.39, 0.29) is 28.7 Å². The summed E-state index contributed by atoms with van der Waals surface area (Å²) in [4.78, 5) is 18.6. The molecule has 2 fully saturated rings. The maximum Gasteiger partial charge on any atom is 0.422 e. The Kier molecular flexibility index (Phi) is 4.60. The van der Waals surface area contributed by atoms with Crippen molar-refractivity contribution in [1.82, 2.24) is 15.0 Å². The number of halogens is 3. The number of rotatable bonds is 5. The number of ether oxygens (including phenoxy) is 1. The van der Waals surface area contributed by atoms with Gasteiger partial charge in [0.05, 0.1) is 15.9 Å². The van der Waals surface area contributed by atoms with Crippen LogP contribution < -0.4 is 4.74 Å². The number of hydrogen-bond acceptors (Lipinski definition) is 7. The zero-order chi connectivity index (χ0) is 21.9. The van der Waals surface area contributed by atoms with Gasteiger partial charge in [0, 0.05) is 26.3 Å². The lowest BCUT2D eigenvalue weighted by molar-refractivity contribution is -0.153. The van der Waals surface area contributed by atoms with Gasteiger partial charge in [-0.15, -0.1) is 0 Å². The summed E-state index contributed by atoms with van der Waals surface area (Å²) < 4.78 is 71.4. The Morgan fingerprint density at radius 2 is 2.13 bits per heavy atom. The monoisotopic (exact) mass is 445 g/mol. The molecule has 0 spiro atoms. The van der Waals surface area contributed by atoms with Crippen LogP contribution in [0.3, 0.4) is 0 Å². The van der Waals surface area contributed by atoms with E-state index in [2.05, 4.69) is 10.1 Å². The first kappa shape index (κ1) is 20.6. The van der Waals surface area contributed by atoms with Gasteiger partial charge < -0.3 is 14.2 Å². The molecule has 2 heterocycles. The smallest absolute Gasteiger partial charge is 0.422 e. The molecule has 1 amide bonds. The van der Waals surface area contributed by atoms with Gasteiger partial charge >= 0.3 is 6.18 Å². The molecule has 2 atom stereocenters. The Morgan fingerprint density at radius 3 is 2.73 bits per heavy atom. The number of piperidine rings is 1. The molecule has 1 aromatic carbocycles. The largest absolute Gasteiger partial charge is 0.483 e. The van der Waals surface area contributed by atoms with Crippen molar-refractivity contribution in [2.75, 3.05) is 26.0 Å². The van der Waals surface area contributed by atoms with Gasteiger partial charge in [0.1, 0.15) is 5.75 Å². The molecule has 2 unspecified atom stereocenters. The highest BCUT2D eigenvalue weighted by Crippen LogP contribution is 2.58. The Labute approximate surface area is 169 Å². The predicted molar refractivity (Wildman–Crippen MR) is 95.8 cm³/mol. The molecule has 30 heavy (non-hydrogen) atoms. The maximum atomic E-state index is 13.1. The fourth-order valence-corrected chi connectivity index (χ4v) is 4.50. The third-order valence-corrected chi connectivity index (χ3v) is 6.52. The Hall–Kier alpha value is -2.63. The molecule has 0 radical (unpaired) electrons. The van der Waals surface area contributed by atoms with Gasteiger partial charge in [0.25, 0.3) is 5.91 Å². The van der Waals surface area contributed by atoms with Crippen molar-refractivity contribution in [2.24, 2.45) is 5.92 Å². The first-order chi connectivity index (χ1) is 13.9. The number of carbonyl (C=O) groups is 1. The normalized spacial score (nSPS) is 23.4. The average Bonchev–Trinajstić information content (AvgIpc) is 2.99. The number of benzene rings is 1. The molecule has 8 nitrogen and oxygen atoms in total. The molecule has 0 bridgehead atoms. The number of nitrogens with zero attached hydrogens (tertiary/aromatic N) is 3. The summed E-state index contributed by atoms with van der Waals surface area (Å²) in [5, 5.41) is 3.95. The predicted octanol–water partition coefficient (Wildman–Crippen LogP) is 2.14. The highest BCUT2D eigenvalue weighted by atomic mass is 32.2. The zero-order valence-electron chi connectivity index (χ0n) is 16.1. The van der Waals surface area contributed by atoms with E-state index in [0.29, 0.717) is 18.3 Å². The van der Waals surface area contributed by atoms with E-state index >= 15 is 0 Å². The van der Waals surface area contributed by atoms with Crippen molar-refractivity contribution < 1.29 is 35.6 Å². The minimum atomic E-state index is -4.61. The van der Waals surface area contributed by atoms with Crippen molar-refractivity contribution in [3.63, 3.8) is 0 Å². The Morgan fingerprint density at radius 1 is 1.40 bits per heavy atom. The summed E-state index contributed by atoms with van der Waals surface area (Å²) in [5.74, 6) is 0.0764. The van der Waals surface area contributed by atoms with Gasteiger partial charge in [-0.3, -0.25) is 4.79 Å². The highest BCUT2D eigenvalue weighted by Gasteiger charge is 2.64. The van der Waals surface area contributed by atoms with Gasteiger partial charge in [0.15, 0.2) is 22.3 Å². The standard InChI is InChI=1S/C18H18F3N3O5S/c1-10-22-16(23-29-10)17-6-11(17)7-24(8-17)15(25)13-5-12(30(2,26)27)3-4-14(13)28-9-18(19,20)21/h3-5,11H,6-9H2,1-2H3. The summed E-state index contributed by atoms with van der Waals surface area (Å²) in [6.07, 6.45) is -2.88. The van der Waals surface area contributed by atoms with Crippen LogP contribution in [0, 0.1) is 12.8 Å². The Bertz CT molecular complexity index is 1110. The van der Waals surface area contributed by atoms with Crippen LogP contribution >= 0.6 is 0 Å². The number of alkyl halides is 3. The maximum absolute atomic E-state index is 13.1. The molecule has 1 saturated carbocycles. The first-order valence-corrected chi connectivity index (χ1v) is 10.9. The van der Waals surface area contributed by atoms with Gasteiger partial charge in [-0.2, -0.15) is 18.2 Å². The summed E-state index contributed by atoms with van der Waals surface area (Å²) in [6.45, 7) is 0.676. The second-order valence-electron chi connectivity index (χ2n) is 7.71. The third-order valence-electron chi connectivity index (χ3n) is 5.41. The lowest BCUT2D eigenvalue weighted by atomic mass is 10.1. The lowest BCUT2D eigenvalue weighted by Gasteiger charge is -2.22.